The van der Waals surface area contributed by atoms with Crippen LogP contribution in [-0.2, 0) is 16.1 Å². The Labute approximate surface area is 234 Å². The van der Waals surface area contributed by atoms with Crippen molar-refractivity contribution in [1.82, 2.24) is 4.90 Å². The van der Waals surface area contributed by atoms with Gasteiger partial charge < -0.3 is 14.8 Å². The van der Waals surface area contributed by atoms with Gasteiger partial charge in [-0.25, -0.2) is 0 Å². The number of rotatable bonds is 9. The Morgan fingerprint density at radius 1 is 1.03 bits per heavy atom. The second-order valence-corrected chi connectivity index (χ2v) is 10.6. The summed E-state index contributed by atoms with van der Waals surface area (Å²) in [5.41, 5.74) is 4.33. The van der Waals surface area contributed by atoms with Crippen LogP contribution in [0.25, 0.3) is 6.08 Å². The lowest BCUT2D eigenvalue weighted by Gasteiger charge is -2.15. The Hall–Kier alpha value is -3.56. The summed E-state index contributed by atoms with van der Waals surface area (Å²) in [7, 11) is 0. The van der Waals surface area contributed by atoms with E-state index < -0.39 is 0 Å². The van der Waals surface area contributed by atoms with E-state index >= 15 is 0 Å². The van der Waals surface area contributed by atoms with Crippen molar-refractivity contribution >= 4 is 56.5 Å². The summed E-state index contributed by atoms with van der Waals surface area (Å²) in [5, 5.41) is 2.50. The Bertz CT molecular complexity index is 1420. The van der Waals surface area contributed by atoms with Crippen molar-refractivity contribution < 1.29 is 23.9 Å². The van der Waals surface area contributed by atoms with E-state index in [9.17, 15) is 14.4 Å². The second-order valence-electron chi connectivity index (χ2n) is 8.73. The molecule has 1 saturated heterocycles. The van der Waals surface area contributed by atoms with Crippen LogP contribution in [0.3, 0.4) is 0 Å². The fourth-order valence-corrected chi connectivity index (χ4v) is 5.33. The van der Waals surface area contributed by atoms with E-state index in [2.05, 4.69) is 21.2 Å². The zero-order chi connectivity index (χ0) is 27.2. The standard InChI is InChI=1S/C29H27BrN2O5S/c1-4-36-24-14-21(13-23(30)27(24)37-17-26(33)31-22-10-6-8-19(3)12-22)15-25-28(34)32(29(35)38-25)16-20-9-5-7-18(2)11-20/h5-15H,4,16-17H2,1-3H3,(H,31,33)/b25-15-. The van der Waals surface area contributed by atoms with Crippen LogP contribution in [0.4, 0.5) is 10.5 Å². The van der Waals surface area contributed by atoms with Crippen LogP contribution >= 0.6 is 27.7 Å². The minimum atomic E-state index is -0.344. The molecule has 1 heterocycles. The second kappa shape index (κ2) is 12.3. The number of carbonyl (C=O) groups is 3. The van der Waals surface area contributed by atoms with E-state index in [1.165, 1.54) is 4.90 Å². The fraction of sp³-hybridized carbons (Fsp3) is 0.207. The van der Waals surface area contributed by atoms with Gasteiger partial charge in [0.15, 0.2) is 18.1 Å². The van der Waals surface area contributed by atoms with Crippen molar-refractivity contribution in [2.24, 2.45) is 0 Å². The first kappa shape index (κ1) is 27.5. The number of imide groups is 1. The normalized spacial score (nSPS) is 14.2. The summed E-state index contributed by atoms with van der Waals surface area (Å²) >= 11 is 4.40. The van der Waals surface area contributed by atoms with Gasteiger partial charge in [-0.1, -0.05) is 42.0 Å². The molecular formula is C29H27BrN2O5S. The number of ether oxygens (including phenoxy) is 2. The van der Waals surface area contributed by atoms with E-state index in [1.54, 1.807) is 18.2 Å². The molecule has 7 nitrogen and oxygen atoms in total. The molecule has 0 unspecified atom stereocenters. The monoisotopic (exact) mass is 594 g/mol. The van der Waals surface area contributed by atoms with E-state index in [0.717, 1.165) is 28.5 Å². The van der Waals surface area contributed by atoms with Crippen molar-refractivity contribution in [1.29, 1.82) is 0 Å². The highest BCUT2D eigenvalue weighted by Gasteiger charge is 2.35. The minimum absolute atomic E-state index is 0.217. The molecule has 9 heteroatoms. The zero-order valence-corrected chi connectivity index (χ0v) is 23.6. The van der Waals surface area contributed by atoms with Gasteiger partial charge in [-0.2, -0.15) is 0 Å². The lowest BCUT2D eigenvalue weighted by atomic mass is 10.1. The number of halogens is 1. The smallest absolute Gasteiger partial charge is 0.293 e. The van der Waals surface area contributed by atoms with Crippen molar-refractivity contribution in [3.63, 3.8) is 0 Å². The number of hydrogen-bond acceptors (Lipinski definition) is 6. The first-order valence-electron chi connectivity index (χ1n) is 12.0. The molecule has 0 aromatic heterocycles. The molecule has 3 aromatic carbocycles. The number of amides is 3. The van der Waals surface area contributed by atoms with Gasteiger partial charge in [-0.15, -0.1) is 0 Å². The van der Waals surface area contributed by atoms with E-state index in [4.69, 9.17) is 9.47 Å². The molecule has 0 atom stereocenters. The van der Waals surface area contributed by atoms with Crippen LogP contribution in [0.5, 0.6) is 11.5 Å². The average molecular weight is 596 g/mol. The maximum atomic E-state index is 13.0. The van der Waals surface area contributed by atoms with Crippen LogP contribution in [0.1, 0.15) is 29.2 Å². The molecular weight excluding hydrogens is 568 g/mol. The third-order valence-electron chi connectivity index (χ3n) is 5.58. The number of aryl methyl sites for hydroxylation is 2. The number of nitrogens with zero attached hydrogens (tertiary/aromatic N) is 1. The van der Waals surface area contributed by atoms with Crippen molar-refractivity contribution in [2.75, 3.05) is 18.5 Å². The van der Waals surface area contributed by atoms with Gasteiger partial charge in [0.2, 0.25) is 0 Å². The molecule has 0 radical (unpaired) electrons. The Morgan fingerprint density at radius 3 is 2.47 bits per heavy atom. The number of nitrogens with one attached hydrogen (secondary N) is 1. The van der Waals surface area contributed by atoms with Crippen LogP contribution < -0.4 is 14.8 Å². The van der Waals surface area contributed by atoms with Crippen molar-refractivity contribution in [3.05, 3.63) is 92.3 Å². The lowest BCUT2D eigenvalue weighted by Crippen LogP contribution is -2.27. The van der Waals surface area contributed by atoms with Gasteiger partial charge in [0.25, 0.3) is 17.1 Å². The maximum absolute atomic E-state index is 13.0. The molecule has 4 rings (SSSR count). The van der Waals surface area contributed by atoms with Crippen LogP contribution in [0, 0.1) is 13.8 Å². The molecule has 0 bridgehead atoms. The largest absolute Gasteiger partial charge is 0.490 e. The average Bonchev–Trinajstić information content (AvgIpc) is 3.11. The summed E-state index contributed by atoms with van der Waals surface area (Å²) in [6.45, 7) is 6.12. The molecule has 0 spiro atoms. The van der Waals surface area contributed by atoms with E-state index in [-0.39, 0.29) is 30.2 Å². The first-order chi connectivity index (χ1) is 18.2. The van der Waals surface area contributed by atoms with Gasteiger partial charge in [0.1, 0.15) is 0 Å². The number of benzene rings is 3. The summed E-state index contributed by atoms with van der Waals surface area (Å²) in [6.07, 6.45) is 1.66. The highest BCUT2D eigenvalue weighted by Crippen LogP contribution is 2.39. The summed E-state index contributed by atoms with van der Waals surface area (Å²) in [4.78, 5) is 39.6. The molecule has 196 valence electrons. The SMILES string of the molecule is CCOc1cc(/C=C2\SC(=O)N(Cc3cccc(C)c3)C2=O)cc(Br)c1OCC(=O)Nc1cccc(C)c1. The zero-order valence-electron chi connectivity index (χ0n) is 21.2. The molecule has 1 aliphatic rings. The van der Waals surface area contributed by atoms with Gasteiger partial charge in [0.05, 0.1) is 22.5 Å². The maximum Gasteiger partial charge on any atom is 0.293 e. The molecule has 38 heavy (non-hydrogen) atoms. The highest BCUT2D eigenvalue weighted by molar-refractivity contribution is 9.10. The number of anilines is 1. The Balaban J connectivity index is 1.49. The molecule has 3 aromatic rings. The molecule has 0 aliphatic carbocycles. The number of hydrogen-bond donors (Lipinski definition) is 1. The van der Waals surface area contributed by atoms with Gasteiger partial charge in [-0.3, -0.25) is 19.3 Å². The third kappa shape index (κ3) is 6.85. The quantitative estimate of drug-likeness (QED) is 0.277. The predicted molar refractivity (Wildman–Crippen MR) is 153 cm³/mol. The Kier molecular flexibility index (Phi) is 8.91. The molecule has 1 fully saturated rings. The van der Waals surface area contributed by atoms with Crippen molar-refractivity contribution in [2.45, 2.75) is 27.3 Å². The first-order valence-corrected chi connectivity index (χ1v) is 13.6. The van der Waals surface area contributed by atoms with Crippen molar-refractivity contribution in [3.8, 4) is 11.5 Å². The highest BCUT2D eigenvalue weighted by atomic mass is 79.9. The fourth-order valence-electron chi connectivity index (χ4n) is 3.91. The minimum Gasteiger partial charge on any atom is -0.490 e. The molecule has 0 saturated carbocycles. The Morgan fingerprint density at radius 2 is 1.76 bits per heavy atom. The van der Waals surface area contributed by atoms with Crippen LogP contribution in [-0.4, -0.2) is 35.2 Å². The van der Waals surface area contributed by atoms with Crippen LogP contribution in [0.15, 0.2) is 70.0 Å². The van der Waals surface area contributed by atoms with Gasteiger partial charge >= 0.3 is 0 Å². The molecule has 1 aliphatic heterocycles. The third-order valence-corrected chi connectivity index (χ3v) is 7.07. The number of thioether (sulfide) groups is 1. The van der Waals surface area contributed by atoms with E-state index in [0.29, 0.717) is 38.7 Å². The van der Waals surface area contributed by atoms with Crippen LogP contribution in [0.2, 0.25) is 0 Å². The van der Waals surface area contributed by atoms with Gasteiger partial charge in [-0.05, 0) is 95.5 Å². The summed E-state index contributed by atoms with van der Waals surface area (Å²) < 4.78 is 12.1. The summed E-state index contributed by atoms with van der Waals surface area (Å²) in [6, 6.07) is 18.7. The van der Waals surface area contributed by atoms with E-state index in [1.807, 2.05) is 69.3 Å². The van der Waals surface area contributed by atoms with Gasteiger partial charge in [0, 0.05) is 5.69 Å². The topological polar surface area (TPSA) is 84.9 Å². The number of carbonyl (C=O) groups excluding carboxylic acids is 3. The molecule has 3 amide bonds. The summed E-state index contributed by atoms with van der Waals surface area (Å²) in [5.74, 6) is 0.131. The predicted octanol–water partition coefficient (Wildman–Crippen LogP) is 6.72. The molecule has 1 N–H and O–H groups in total. The lowest BCUT2D eigenvalue weighted by molar-refractivity contribution is -0.123.